The van der Waals surface area contributed by atoms with Crippen LogP contribution in [0.15, 0.2) is 51.4 Å². The number of para-hydroxylation sites is 1. The van der Waals surface area contributed by atoms with Gasteiger partial charge in [0.1, 0.15) is 0 Å². The summed E-state index contributed by atoms with van der Waals surface area (Å²) in [6.45, 7) is 0. The zero-order chi connectivity index (χ0) is 15.6. The zero-order valence-electron chi connectivity index (χ0n) is 10.3. The molecular formula is C14H8Br2F3NO. The first-order valence-electron chi connectivity index (χ1n) is 5.71. The van der Waals surface area contributed by atoms with Gasteiger partial charge in [-0.3, -0.25) is 4.79 Å². The van der Waals surface area contributed by atoms with Crippen molar-refractivity contribution < 1.29 is 18.0 Å². The molecule has 2 aromatic carbocycles. The Morgan fingerprint density at radius 3 is 2.38 bits per heavy atom. The molecule has 0 unspecified atom stereocenters. The molecular weight excluding hydrogens is 415 g/mol. The average Bonchev–Trinajstić information content (AvgIpc) is 2.41. The van der Waals surface area contributed by atoms with Crippen molar-refractivity contribution in [3.63, 3.8) is 0 Å². The van der Waals surface area contributed by atoms with Gasteiger partial charge in [-0.25, -0.2) is 0 Å². The molecule has 1 amide bonds. The molecule has 0 fully saturated rings. The number of hydrogen-bond donors (Lipinski definition) is 1. The van der Waals surface area contributed by atoms with E-state index < -0.39 is 17.6 Å². The van der Waals surface area contributed by atoms with E-state index in [2.05, 4.69) is 37.2 Å². The fraction of sp³-hybridized carbons (Fsp3) is 0.0714. The van der Waals surface area contributed by atoms with E-state index in [-0.39, 0.29) is 11.3 Å². The lowest BCUT2D eigenvalue weighted by Crippen LogP contribution is -2.17. The molecule has 0 heterocycles. The molecule has 0 bridgehead atoms. The van der Waals surface area contributed by atoms with E-state index in [1.165, 1.54) is 24.3 Å². The smallest absolute Gasteiger partial charge is 0.321 e. The van der Waals surface area contributed by atoms with Crippen LogP contribution in [0.2, 0.25) is 0 Å². The molecule has 1 N–H and O–H groups in total. The Morgan fingerprint density at radius 2 is 1.71 bits per heavy atom. The Bertz CT molecular complexity index is 686. The predicted octanol–water partition coefficient (Wildman–Crippen LogP) is 5.48. The van der Waals surface area contributed by atoms with Crippen LogP contribution in [-0.4, -0.2) is 5.91 Å². The highest BCUT2D eigenvalue weighted by atomic mass is 79.9. The van der Waals surface area contributed by atoms with Crippen molar-refractivity contribution in [2.45, 2.75) is 6.18 Å². The van der Waals surface area contributed by atoms with Crippen molar-refractivity contribution in [3.05, 3.63) is 62.5 Å². The quantitative estimate of drug-likeness (QED) is 0.681. The average molecular weight is 423 g/mol. The first-order chi connectivity index (χ1) is 9.79. The summed E-state index contributed by atoms with van der Waals surface area (Å²) < 4.78 is 39.8. The third kappa shape index (κ3) is 3.85. The molecule has 21 heavy (non-hydrogen) atoms. The van der Waals surface area contributed by atoms with Gasteiger partial charge >= 0.3 is 6.18 Å². The Kier molecular flexibility index (Phi) is 4.73. The maximum absolute atomic E-state index is 12.9. The summed E-state index contributed by atoms with van der Waals surface area (Å²) in [5.74, 6) is -0.625. The molecule has 0 aliphatic heterocycles. The van der Waals surface area contributed by atoms with Crippen molar-refractivity contribution in [2.24, 2.45) is 0 Å². The third-order valence-corrected chi connectivity index (χ3v) is 3.84. The van der Waals surface area contributed by atoms with Crippen molar-refractivity contribution in [3.8, 4) is 0 Å². The van der Waals surface area contributed by atoms with Crippen LogP contribution in [-0.2, 0) is 6.18 Å². The van der Waals surface area contributed by atoms with Gasteiger partial charge in [0.15, 0.2) is 0 Å². The fourth-order valence-corrected chi connectivity index (χ4v) is 2.49. The lowest BCUT2D eigenvalue weighted by atomic mass is 10.1. The summed E-state index contributed by atoms with van der Waals surface area (Å²) in [6.07, 6.45) is -4.53. The summed E-state index contributed by atoms with van der Waals surface area (Å²) in [5, 5.41) is 2.29. The summed E-state index contributed by atoms with van der Waals surface area (Å²) in [5.41, 5.74) is -0.923. The largest absolute Gasteiger partial charge is 0.418 e. The van der Waals surface area contributed by atoms with Crippen molar-refractivity contribution >= 4 is 43.5 Å². The molecule has 0 atom stereocenters. The molecule has 0 saturated heterocycles. The molecule has 0 aliphatic carbocycles. The van der Waals surface area contributed by atoms with E-state index in [4.69, 9.17) is 0 Å². The van der Waals surface area contributed by atoms with Crippen LogP contribution in [0.5, 0.6) is 0 Å². The fourth-order valence-electron chi connectivity index (χ4n) is 1.70. The number of anilines is 1. The highest BCUT2D eigenvalue weighted by Crippen LogP contribution is 2.35. The molecule has 2 rings (SSSR count). The number of hydrogen-bond acceptors (Lipinski definition) is 1. The number of carbonyl (C=O) groups excluding carboxylic acids is 1. The Morgan fingerprint density at radius 1 is 1.05 bits per heavy atom. The van der Waals surface area contributed by atoms with Crippen LogP contribution in [0, 0.1) is 0 Å². The van der Waals surface area contributed by atoms with Crippen molar-refractivity contribution in [2.75, 3.05) is 5.32 Å². The number of halogens is 5. The van der Waals surface area contributed by atoms with Crippen LogP contribution < -0.4 is 5.32 Å². The number of rotatable bonds is 2. The van der Waals surface area contributed by atoms with Gasteiger partial charge in [-0.15, -0.1) is 0 Å². The molecule has 0 spiro atoms. The second-order valence-corrected chi connectivity index (χ2v) is 5.89. The minimum absolute atomic E-state index is 0.237. The van der Waals surface area contributed by atoms with E-state index in [9.17, 15) is 18.0 Å². The highest BCUT2D eigenvalue weighted by molar-refractivity contribution is 9.11. The van der Waals surface area contributed by atoms with Gasteiger partial charge in [0.2, 0.25) is 0 Å². The second-order valence-electron chi connectivity index (χ2n) is 4.12. The minimum atomic E-state index is -4.53. The Hall–Kier alpha value is -1.34. The molecule has 110 valence electrons. The van der Waals surface area contributed by atoms with E-state index >= 15 is 0 Å². The van der Waals surface area contributed by atoms with E-state index in [1.54, 1.807) is 12.1 Å². The van der Waals surface area contributed by atoms with E-state index in [1.807, 2.05) is 0 Å². The topological polar surface area (TPSA) is 29.1 Å². The Labute approximate surface area is 135 Å². The summed E-state index contributed by atoms with van der Waals surface area (Å²) in [6, 6.07) is 9.71. The zero-order valence-corrected chi connectivity index (χ0v) is 13.5. The number of amides is 1. The summed E-state index contributed by atoms with van der Waals surface area (Å²) in [7, 11) is 0. The van der Waals surface area contributed by atoms with E-state index in [0.29, 0.717) is 8.95 Å². The molecule has 0 aliphatic rings. The second kappa shape index (κ2) is 6.19. The molecule has 0 aromatic heterocycles. The lowest BCUT2D eigenvalue weighted by molar-refractivity contribution is -0.136. The first kappa shape index (κ1) is 16.0. The third-order valence-electron chi connectivity index (χ3n) is 2.65. The van der Waals surface area contributed by atoms with Crippen LogP contribution in [0.3, 0.4) is 0 Å². The van der Waals surface area contributed by atoms with Gasteiger partial charge in [-0.2, -0.15) is 13.2 Å². The standard InChI is InChI=1S/C14H8Br2F3NO/c15-8-5-6-11(16)9(7-8)13(21)20-12-4-2-1-3-10(12)14(17,18)19/h1-7H,(H,20,21). The minimum Gasteiger partial charge on any atom is -0.321 e. The van der Waals surface area contributed by atoms with E-state index in [0.717, 1.165) is 6.07 Å². The summed E-state index contributed by atoms with van der Waals surface area (Å²) in [4.78, 5) is 12.1. The van der Waals surface area contributed by atoms with Crippen LogP contribution in [0.1, 0.15) is 15.9 Å². The number of nitrogens with one attached hydrogen (secondary N) is 1. The van der Waals surface area contributed by atoms with Crippen molar-refractivity contribution in [1.29, 1.82) is 0 Å². The molecule has 0 saturated carbocycles. The highest BCUT2D eigenvalue weighted by Gasteiger charge is 2.33. The normalized spacial score (nSPS) is 11.3. The van der Waals surface area contributed by atoms with Gasteiger partial charge < -0.3 is 5.32 Å². The number of benzene rings is 2. The maximum Gasteiger partial charge on any atom is 0.418 e. The number of carbonyl (C=O) groups is 1. The molecule has 2 aromatic rings. The van der Waals surface area contributed by atoms with Crippen LogP contribution in [0.25, 0.3) is 0 Å². The van der Waals surface area contributed by atoms with Crippen molar-refractivity contribution in [1.82, 2.24) is 0 Å². The SMILES string of the molecule is O=C(Nc1ccccc1C(F)(F)F)c1cc(Br)ccc1Br. The molecule has 0 radical (unpaired) electrons. The maximum atomic E-state index is 12.9. The first-order valence-corrected chi connectivity index (χ1v) is 7.30. The predicted molar refractivity (Wildman–Crippen MR) is 81.2 cm³/mol. The van der Waals surface area contributed by atoms with Crippen LogP contribution in [0.4, 0.5) is 18.9 Å². The van der Waals surface area contributed by atoms with Gasteiger partial charge in [0, 0.05) is 8.95 Å². The molecule has 2 nitrogen and oxygen atoms in total. The van der Waals surface area contributed by atoms with Gasteiger partial charge in [-0.1, -0.05) is 28.1 Å². The van der Waals surface area contributed by atoms with Gasteiger partial charge in [0.25, 0.3) is 5.91 Å². The monoisotopic (exact) mass is 421 g/mol. The molecule has 7 heteroatoms. The number of alkyl halides is 3. The lowest BCUT2D eigenvalue weighted by Gasteiger charge is -2.14. The summed E-state index contributed by atoms with van der Waals surface area (Å²) >= 11 is 6.41. The van der Waals surface area contributed by atoms with Gasteiger partial charge in [0.05, 0.1) is 16.8 Å². The van der Waals surface area contributed by atoms with Gasteiger partial charge in [-0.05, 0) is 46.3 Å². The Balaban J connectivity index is 2.35. The van der Waals surface area contributed by atoms with Crippen LogP contribution >= 0.6 is 31.9 Å².